The van der Waals surface area contributed by atoms with Crippen LogP contribution < -0.4 is 5.32 Å². The number of hydrogen-bond donors (Lipinski definition) is 2. The number of unbranched alkanes of at least 4 members (excludes halogenated alkanes) is 9. The van der Waals surface area contributed by atoms with Gasteiger partial charge >= 0.3 is 11.9 Å². The Hall–Kier alpha value is -3.64. The van der Waals surface area contributed by atoms with E-state index in [4.69, 9.17) is 11.6 Å². The van der Waals surface area contributed by atoms with Crippen LogP contribution in [0.25, 0.3) is 11.1 Å². The van der Waals surface area contributed by atoms with Gasteiger partial charge in [0.15, 0.2) is 0 Å². The lowest BCUT2D eigenvalue weighted by Crippen LogP contribution is -2.35. The van der Waals surface area contributed by atoms with Gasteiger partial charge in [0.2, 0.25) is 0 Å². The number of nitrogens with zero attached hydrogens (tertiary/aromatic N) is 1. The molecule has 0 aliphatic carbocycles. The number of rotatable bonds is 17. The van der Waals surface area contributed by atoms with Gasteiger partial charge in [-0.1, -0.05) is 125 Å². The van der Waals surface area contributed by atoms with Gasteiger partial charge in [-0.15, -0.1) is 0 Å². The zero-order valence-electron chi connectivity index (χ0n) is 24.6. The van der Waals surface area contributed by atoms with Crippen LogP contribution in [0.4, 0.5) is 0 Å². The van der Waals surface area contributed by atoms with Crippen molar-refractivity contribution in [3.63, 3.8) is 0 Å². The number of halogens is 1. The molecule has 0 atom stereocenters. The van der Waals surface area contributed by atoms with Crippen LogP contribution >= 0.6 is 11.6 Å². The molecule has 0 radical (unpaired) electrons. The highest BCUT2D eigenvalue weighted by Crippen LogP contribution is 2.22. The molecular weight excluding hydrogens is 548 g/mol. The van der Waals surface area contributed by atoms with Crippen molar-refractivity contribution in [3.8, 4) is 11.1 Å². The summed E-state index contributed by atoms with van der Waals surface area (Å²) in [5.74, 6) is -2.54. The molecule has 0 fully saturated rings. The number of hydrogen-bond acceptors (Lipinski definition) is 3. The number of benzene rings is 3. The predicted molar refractivity (Wildman–Crippen MR) is 169 cm³/mol. The topological polar surface area (TPSA) is 86.7 Å². The third kappa shape index (κ3) is 11.3. The van der Waals surface area contributed by atoms with Crippen molar-refractivity contribution in [3.05, 3.63) is 94.5 Å². The summed E-state index contributed by atoms with van der Waals surface area (Å²) >= 11 is 5.95. The third-order valence-electron chi connectivity index (χ3n) is 7.36. The van der Waals surface area contributed by atoms with Gasteiger partial charge in [-0.05, 0) is 52.9 Å². The molecule has 2 amide bonds. The molecular formula is C35H43ClN2O4. The molecule has 7 heteroatoms. The van der Waals surface area contributed by atoms with E-state index in [0.29, 0.717) is 17.1 Å². The number of carboxylic acids is 1. The van der Waals surface area contributed by atoms with Crippen molar-refractivity contribution in [1.82, 2.24) is 10.2 Å². The minimum absolute atomic E-state index is 0.0746. The van der Waals surface area contributed by atoms with Gasteiger partial charge in [0, 0.05) is 30.2 Å². The second-order valence-electron chi connectivity index (χ2n) is 10.8. The summed E-state index contributed by atoms with van der Waals surface area (Å²) in [7, 11) is 0. The van der Waals surface area contributed by atoms with E-state index in [1.165, 1.54) is 56.3 Å². The second kappa shape index (κ2) is 18.0. The van der Waals surface area contributed by atoms with E-state index in [1.54, 1.807) is 24.3 Å². The zero-order chi connectivity index (χ0) is 30.2. The summed E-state index contributed by atoms with van der Waals surface area (Å²) in [4.78, 5) is 37.8. The van der Waals surface area contributed by atoms with E-state index in [0.717, 1.165) is 35.1 Å². The average molecular weight is 591 g/mol. The van der Waals surface area contributed by atoms with E-state index in [9.17, 15) is 19.5 Å². The predicted octanol–water partition coefficient (Wildman–Crippen LogP) is 8.27. The van der Waals surface area contributed by atoms with Crippen LogP contribution in [-0.4, -0.2) is 34.3 Å². The van der Waals surface area contributed by atoms with Gasteiger partial charge in [-0.3, -0.25) is 9.59 Å². The van der Waals surface area contributed by atoms with Crippen LogP contribution in [0.1, 0.15) is 92.6 Å². The molecule has 42 heavy (non-hydrogen) atoms. The molecule has 0 saturated carbocycles. The molecule has 0 aromatic heterocycles. The zero-order valence-corrected chi connectivity index (χ0v) is 25.4. The highest BCUT2D eigenvalue weighted by atomic mass is 35.5. The summed E-state index contributed by atoms with van der Waals surface area (Å²) < 4.78 is 0. The normalized spacial score (nSPS) is 10.8. The largest absolute Gasteiger partial charge is 0.474 e. The molecule has 0 aliphatic rings. The first-order valence-corrected chi connectivity index (χ1v) is 15.5. The van der Waals surface area contributed by atoms with E-state index < -0.39 is 11.9 Å². The smallest absolute Gasteiger partial charge is 0.394 e. The maximum absolute atomic E-state index is 12.7. The Morgan fingerprint density at radius 1 is 0.714 bits per heavy atom. The molecule has 2 N–H and O–H groups in total. The van der Waals surface area contributed by atoms with Crippen molar-refractivity contribution < 1.29 is 19.5 Å². The van der Waals surface area contributed by atoms with Crippen LogP contribution in [0, 0.1) is 0 Å². The minimum atomic E-state index is -1.50. The third-order valence-corrected chi connectivity index (χ3v) is 7.61. The van der Waals surface area contributed by atoms with E-state index in [-0.39, 0.29) is 19.0 Å². The molecule has 6 nitrogen and oxygen atoms in total. The summed E-state index contributed by atoms with van der Waals surface area (Å²) in [6.07, 6.45) is 12.6. The molecule has 0 heterocycles. The number of carboxylic acid groups (broad SMARTS) is 1. The van der Waals surface area contributed by atoms with Crippen molar-refractivity contribution >= 4 is 29.4 Å². The van der Waals surface area contributed by atoms with E-state index >= 15 is 0 Å². The first-order valence-electron chi connectivity index (χ1n) is 15.1. The van der Waals surface area contributed by atoms with Crippen LogP contribution in [-0.2, 0) is 22.7 Å². The van der Waals surface area contributed by atoms with Crippen LogP contribution in [0.3, 0.4) is 0 Å². The standard InChI is InChI=1S/C35H43ClN2O4/c1-2-3-4-5-6-7-8-9-10-11-23-37-33(39)31-14-12-13-30(24-31)29-19-15-27(16-20-29)25-38(34(40)35(41)42)26-28-17-21-32(36)22-18-28/h12-22,24H,2-11,23,25-26H2,1H3,(H,37,39)(H,41,42). The maximum Gasteiger partial charge on any atom is 0.394 e. The first kappa shape index (κ1) is 32.9. The van der Waals surface area contributed by atoms with Gasteiger partial charge in [0.1, 0.15) is 0 Å². The van der Waals surface area contributed by atoms with E-state index in [2.05, 4.69) is 12.2 Å². The summed E-state index contributed by atoms with van der Waals surface area (Å²) in [6.45, 7) is 3.22. The average Bonchev–Trinajstić information content (AvgIpc) is 3.00. The fraction of sp³-hybridized carbons (Fsp3) is 0.400. The van der Waals surface area contributed by atoms with Crippen molar-refractivity contribution in [2.45, 2.75) is 84.2 Å². The number of nitrogens with one attached hydrogen (secondary N) is 1. The lowest BCUT2D eigenvalue weighted by Gasteiger charge is -2.21. The van der Waals surface area contributed by atoms with Crippen LogP contribution in [0.2, 0.25) is 5.02 Å². The van der Waals surface area contributed by atoms with Crippen molar-refractivity contribution in [1.29, 1.82) is 0 Å². The van der Waals surface area contributed by atoms with Gasteiger partial charge in [-0.25, -0.2) is 4.79 Å². The Morgan fingerprint density at radius 3 is 1.83 bits per heavy atom. The molecule has 3 rings (SSSR count). The molecule has 0 saturated heterocycles. The van der Waals surface area contributed by atoms with E-state index in [1.807, 2.05) is 48.5 Å². The molecule has 0 aliphatic heterocycles. The molecule has 0 bridgehead atoms. The van der Waals surface area contributed by atoms with Gasteiger partial charge < -0.3 is 15.3 Å². The molecule has 0 spiro atoms. The highest BCUT2D eigenvalue weighted by Gasteiger charge is 2.21. The molecule has 3 aromatic carbocycles. The monoisotopic (exact) mass is 590 g/mol. The fourth-order valence-electron chi connectivity index (χ4n) is 4.92. The highest BCUT2D eigenvalue weighted by molar-refractivity contribution is 6.31. The Morgan fingerprint density at radius 2 is 1.26 bits per heavy atom. The molecule has 224 valence electrons. The summed E-state index contributed by atoms with van der Waals surface area (Å²) in [6, 6.07) is 22.1. The first-order chi connectivity index (χ1) is 20.4. The number of amides is 2. The number of aliphatic carboxylic acids is 1. The Kier molecular flexibility index (Phi) is 14.1. The van der Waals surface area contributed by atoms with Gasteiger partial charge in [0.05, 0.1) is 0 Å². The quantitative estimate of drug-likeness (QED) is 0.122. The molecule has 3 aromatic rings. The van der Waals surface area contributed by atoms with Gasteiger partial charge in [0.25, 0.3) is 5.91 Å². The maximum atomic E-state index is 12.7. The molecule has 0 unspecified atom stereocenters. The van der Waals surface area contributed by atoms with Crippen LogP contribution in [0.5, 0.6) is 0 Å². The fourth-order valence-corrected chi connectivity index (χ4v) is 5.05. The van der Waals surface area contributed by atoms with Crippen molar-refractivity contribution in [2.24, 2.45) is 0 Å². The number of carbonyl (C=O) groups is 3. The Balaban J connectivity index is 1.49. The SMILES string of the molecule is CCCCCCCCCCCCNC(=O)c1cccc(-c2ccc(CN(Cc3ccc(Cl)cc3)C(=O)C(=O)O)cc2)c1. The summed E-state index contributed by atoms with van der Waals surface area (Å²) in [5.41, 5.74) is 4.04. The lowest BCUT2D eigenvalue weighted by molar-refractivity contribution is -0.156. The Labute approximate surface area is 255 Å². The van der Waals surface area contributed by atoms with Gasteiger partial charge in [-0.2, -0.15) is 0 Å². The number of carbonyl (C=O) groups excluding carboxylic acids is 2. The Bertz CT molecular complexity index is 1270. The summed E-state index contributed by atoms with van der Waals surface area (Å²) in [5, 5.41) is 12.9. The minimum Gasteiger partial charge on any atom is -0.474 e. The second-order valence-corrected chi connectivity index (χ2v) is 11.2. The lowest BCUT2D eigenvalue weighted by atomic mass is 10.0. The van der Waals surface area contributed by atoms with Crippen molar-refractivity contribution in [2.75, 3.05) is 6.54 Å². The van der Waals surface area contributed by atoms with Crippen LogP contribution in [0.15, 0.2) is 72.8 Å².